The first kappa shape index (κ1) is 13.5. The summed E-state index contributed by atoms with van der Waals surface area (Å²) in [5.74, 6) is -1.25. The molecule has 0 aliphatic carbocycles. The second-order valence-corrected chi connectivity index (χ2v) is 6.79. The number of carboxylic acids is 1. The Hall–Kier alpha value is -0.960. The number of carbonyl (C=O) groups is 1. The Morgan fingerprint density at radius 3 is 2.89 bits per heavy atom. The monoisotopic (exact) mass is 291 g/mol. The molecule has 2 rings (SSSR count). The zero-order valence-electron chi connectivity index (χ0n) is 9.44. The molecule has 8 heteroatoms. The molecule has 1 aromatic heterocycles. The summed E-state index contributed by atoms with van der Waals surface area (Å²) in [6.45, 7) is 0.0776. The summed E-state index contributed by atoms with van der Waals surface area (Å²) in [5, 5.41) is 19.6. The van der Waals surface area contributed by atoms with Gasteiger partial charge >= 0.3 is 5.97 Å². The van der Waals surface area contributed by atoms with E-state index in [1.807, 2.05) is 0 Å². The third-order valence-electron chi connectivity index (χ3n) is 2.94. The fourth-order valence-corrected chi connectivity index (χ4v) is 5.01. The lowest BCUT2D eigenvalue weighted by Gasteiger charge is -2.22. The summed E-state index contributed by atoms with van der Waals surface area (Å²) in [6, 6.07) is 0.854. The van der Waals surface area contributed by atoms with Gasteiger partial charge in [0.25, 0.3) is 0 Å². The minimum absolute atomic E-state index is 0.180. The van der Waals surface area contributed by atoms with Crippen molar-refractivity contribution in [3.05, 3.63) is 16.3 Å². The maximum atomic E-state index is 12.3. The molecular weight excluding hydrogens is 278 g/mol. The number of hydrogen-bond acceptors (Lipinski definition) is 5. The predicted molar refractivity (Wildman–Crippen MR) is 65.3 cm³/mol. The molecular formula is C10H13NO5S2. The zero-order chi connectivity index (χ0) is 13.3. The minimum Gasteiger partial charge on any atom is -0.477 e. The van der Waals surface area contributed by atoms with E-state index in [1.165, 1.54) is 15.8 Å². The van der Waals surface area contributed by atoms with Gasteiger partial charge in [-0.2, -0.15) is 4.31 Å². The van der Waals surface area contributed by atoms with Crippen LogP contribution >= 0.6 is 11.3 Å². The molecule has 0 amide bonds. The largest absolute Gasteiger partial charge is 0.477 e. The maximum absolute atomic E-state index is 12.3. The van der Waals surface area contributed by atoms with Crippen molar-refractivity contribution in [3.63, 3.8) is 0 Å². The standard InChI is InChI=1S/C10H13NO5S2/c12-6-7-2-1-4-11(7)18(15,16)8-3-5-17-9(8)10(13)14/h3,5,7,12H,1-2,4,6H2,(H,13,14)/t7-/m1/s1. The van der Waals surface area contributed by atoms with Gasteiger partial charge < -0.3 is 10.2 Å². The fraction of sp³-hybridized carbons (Fsp3) is 0.500. The van der Waals surface area contributed by atoms with Crippen molar-refractivity contribution >= 4 is 27.3 Å². The lowest BCUT2D eigenvalue weighted by molar-refractivity contribution is 0.0698. The van der Waals surface area contributed by atoms with Gasteiger partial charge in [0.1, 0.15) is 9.77 Å². The number of nitrogens with zero attached hydrogens (tertiary/aromatic N) is 1. The van der Waals surface area contributed by atoms with Crippen molar-refractivity contribution in [2.24, 2.45) is 0 Å². The summed E-state index contributed by atoms with van der Waals surface area (Å²) < 4.78 is 25.9. The minimum atomic E-state index is -3.83. The van der Waals surface area contributed by atoms with Crippen molar-refractivity contribution in [1.82, 2.24) is 4.31 Å². The molecule has 1 aliphatic rings. The van der Waals surface area contributed by atoms with Gasteiger partial charge in [0.2, 0.25) is 10.0 Å². The molecule has 1 aromatic rings. The summed E-state index contributed by atoms with van der Waals surface area (Å²) in [5.41, 5.74) is 0. The zero-order valence-corrected chi connectivity index (χ0v) is 11.1. The second kappa shape index (κ2) is 4.96. The third kappa shape index (κ3) is 2.16. The number of aliphatic hydroxyl groups excluding tert-OH is 1. The first-order chi connectivity index (χ1) is 8.48. The quantitative estimate of drug-likeness (QED) is 0.846. The molecule has 100 valence electrons. The van der Waals surface area contributed by atoms with E-state index < -0.39 is 22.0 Å². The van der Waals surface area contributed by atoms with Gasteiger partial charge in [0.15, 0.2) is 0 Å². The highest BCUT2D eigenvalue weighted by molar-refractivity contribution is 7.89. The Bertz CT molecular complexity index is 550. The molecule has 1 fully saturated rings. The Morgan fingerprint density at radius 2 is 2.28 bits per heavy atom. The molecule has 0 bridgehead atoms. The van der Waals surface area contributed by atoms with E-state index in [0.29, 0.717) is 19.4 Å². The average Bonchev–Trinajstić information content (AvgIpc) is 2.98. The van der Waals surface area contributed by atoms with Gasteiger partial charge in [0.05, 0.1) is 6.61 Å². The van der Waals surface area contributed by atoms with Crippen LogP contribution in [0.5, 0.6) is 0 Å². The molecule has 0 radical (unpaired) electrons. The van der Waals surface area contributed by atoms with Crippen LogP contribution in [0.4, 0.5) is 0 Å². The van der Waals surface area contributed by atoms with Crippen LogP contribution < -0.4 is 0 Å². The van der Waals surface area contributed by atoms with E-state index in [1.54, 1.807) is 0 Å². The molecule has 18 heavy (non-hydrogen) atoms. The Labute approximate surface area is 109 Å². The van der Waals surface area contributed by atoms with E-state index in [2.05, 4.69) is 0 Å². The molecule has 0 aromatic carbocycles. The molecule has 1 aliphatic heterocycles. The van der Waals surface area contributed by atoms with E-state index in [0.717, 1.165) is 11.3 Å². The van der Waals surface area contributed by atoms with Gasteiger partial charge in [-0.1, -0.05) is 0 Å². The Balaban J connectivity index is 2.42. The first-order valence-corrected chi connectivity index (χ1v) is 7.74. The molecule has 1 atom stereocenters. The van der Waals surface area contributed by atoms with Gasteiger partial charge in [-0.3, -0.25) is 0 Å². The third-order valence-corrected chi connectivity index (χ3v) is 5.97. The number of aliphatic hydroxyl groups is 1. The summed E-state index contributed by atoms with van der Waals surface area (Å²) in [7, 11) is -3.83. The summed E-state index contributed by atoms with van der Waals surface area (Å²) in [6.07, 6.45) is 1.28. The van der Waals surface area contributed by atoms with Gasteiger partial charge in [-0.15, -0.1) is 11.3 Å². The van der Waals surface area contributed by atoms with Gasteiger partial charge in [-0.05, 0) is 24.3 Å². The van der Waals surface area contributed by atoms with Crippen LogP contribution in [0.1, 0.15) is 22.5 Å². The van der Waals surface area contributed by atoms with Crippen molar-refractivity contribution in [2.75, 3.05) is 13.2 Å². The lowest BCUT2D eigenvalue weighted by atomic mass is 10.2. The maximum Gasteiger partial charge on any atom is 0.347 e. The molecule has 2 heterocycles. The number of sulfonamides is 1. The molecule has 6 nitrogen and oxygen atoms in total. The van der Waals surface area contributed by atoms with Crippen molar-refractivity contribution in [2.45, 2.75) is 23.8 Å². The van der Waals surface area contributed by atoms with Crippen molar-refractivity contribution < 1.29 is 23.4 Å². The van der Waals surface area contributed by atoms with Crippen LogP contribution in [-0.2, 0) is 10.0 Å². The highest BCUT2D eigenvalue weighted by Crippen LogP contribution is 2.30. The summed E-state index contributed by atoms with van der Waals surface area (Å²) in [4.78, 5) is 10.6. The number of thiophene rings is 1. The van der Waals surface area contributed by atoms with Crippen LogP contribution in [0.15, 0.2) is 16.3 Å². The number of rotatable bonds is 4. The Morgan fingerprint density at radius 1 is 1.56 bits per heavy atom. The van der Waals surface area contributed by atoms with Gasteiger partial charge in [-0.25, -0.2) is 13.2 Å². The molecule has 0 spiro atoms. The highest BCUT2D eigenvalue weighted by Gasteiger charge is 2.37. The molecule has 0 unspecified atom stereocenters. The van der Waals surface area contributed by atoms with Crippen LogP contribution in [0.25, 0.3) is 0 Å². The van der Waals surface area contributed by atoms with Crippen molar-refractivity contribution in [1.29, 1.82) is 0 Å². The Kier molecular flexibility index (Phi) is 3.71. The number of hydrogen-bond donors (Lipinski definition) is 2. The van der Waals surface area contributed by atoms with Gasteiger partial charge in [0, 0.05) is 12.6 Å². The van der Waals surface area contributed by atoms with Crippen molar-refractivity contribution in [3.8, 4) is 0 Å². The smallest absolute Gasteiger partial charge is 0.347 e. The number of aromatic carboxylic acids is 1. The summed E-state index contributed by atoms with van der Waals surface area (Å²) >= 11 is 0.884. The van der Waals surface area contributed by atoms with E-state index in [9.17, 15) is 13.2 Å². The SMILES string of the molecule is O=C(O)c1sccc1S(=O)(=O)N1CCC[C@@H]1CO. The molecule has 0 saturated carbocycles. The van der Waals surface area contributed by atoms with E-state index >= 15 is 0 Å². The van der Waals surface area contributed by atoms with E-state index in [-0.39, 0.29) is 16.4 Å². The van der Waals surface area contributed by atoms with Crippen LogP contribution in [0, 0.1) is 0 Å². The number of carboxylic acid groups (broad SMARTS) is 1. The first-order valence-electron chi connectivity index (χ1n) is 5.42. The normalized spacial score (nSPS) is 21.3. The van der Waals surface area contributed by atoms with Crippen LogP contribution in [-0.4, -0.2) is 48.1 Å². The second-order valence-electron chi connectivity index (χ2n) is 4.01. The highest BCUT2D eigenvalue weighted by atomic mass is 32.2. The van der Waals surface area contributed by atoms with Crippen LogP contribution in [0.3, 0.4) is 0 Å². The molecule has 2 N–H and O–H groups in total. The molecule has 1 saturated heterocycles. The topological polar surface area (TPSA) is 94.9 Å². The fourth-order valence-electron chi connectivity index (χ4n) is 2.09. The van der Waals surface area contributed by atoms with E-state index in [4.69, 9.17) is 10.2 Å². The predicted octanol–water partition coefficient (Wildman–Crippen LogP) is 0.592. The lowest BCUT2D eigenvalue weighted by Crippen LogP contribution is -2.37. The average molecular weight is 291 g/mol. The van der Waals surface area contributed by atoms with Crippen LogP contribution in [0.2, 0.25) is 0 Å².